The number of hydrogen-bond acceptors (Lipinski definition) is 1. The molecule has 4 aromatic rings. The molecule has 0 spiro atoms. The molecule has 2 N–H and O–H groups in total. The summed E-state index contributed by atoms with van der Waals surface area (Å²) in [5.41, 5.74) is 7.98. The summed E-state index contributed by atoms with van der Waals surface area (Å²) in [5, 5.41) is 12.6. The van der Waals surface area contributed by atoms with E-state index in [9.17, 15) is 5.11 Å². The summed E-state index contributed by atoms with van der Waals surface area (Å²) in [4.78, 5) is 3.66. The summed E-state index contributed by atoms with van der Waals surface area (Å²) in [7, 11) is 0. The van der Waals surface area contributed by atoms with Crippen LogP contribution in [0.3, 0.4) is 0 Å². The molecule has 0 radical (unpaired) electrons. The van der Waals surface area contributed by atoms with Crippen LogP contribution >= 0.6 is 0 Å². The van der Waals surface area contributed by atoms with Gasteiger partial charge in [0.1, 0.15) is 5.76 Å². The number of rotatable bonds is 4. The van der Waals surface area contributed by atoms with Crippen LogP contribution in [-0.4, -0.2) is 10.1 Å². The Labute approximate surface area is 177 Å². The number of aromatic nitrogens is 1. The van der Waals surface area contributed by atoms with Crippen molar-refractivity contribution in [2.24, 2.45) is 0 Å². The first-order valence-corrected chi connectivity index (χ1v) is 10.6. The topological polar surface area (TPSA) is 36.0 Å². The van der Waals surface area contributed by atoms with E-state index in [4.69, 9.17) is 0 Å². The number of aliphatic hydroxyl groups excluding tert-OH is 1. The molecule has 5 rings (SSSR count). The van der Waals surface area contributed by atoms with Crippen molar-refractivity contribution >= 4 is 10.9 Å². The van der Waals surface area contributed by atoms with Crippen LogP contribution < -0.4 is 0 Å². The Balaban J connectivity index is 1.66. The lowest BCUT2D eigenvalue weighted by atomic mass is 9.61. The van der Waals surface area contributed by atoms with Gasteiger partial charge in [-0.1, -0.05) is 78.4 Å². The fourth-order valence-corrected chi connectivity index (χ4v) is 4.97. The predicted molar refractivity (Wildman–Crippen MR) is 124 cm³/mol. The van der Waals surface area contributed by atoms with Gasteiger partial charge in [0.2, 0.25) is 0 Å². The van der Waals surface area contributed by atoms with Gasteiger partial charge in [-0.25, -0.2) is 0 Å². The third-order valence-electron chi connectivity index (χ3n) is 6.83. The number of nitrogens with one attached hydrogen (secondary N) is 1. The minimum absolute atomic E-state index is 0.0251. The SMILES string of the molecule is Cc1ccc(C2(C)CC(C(c3ccccc3)c3[nH]c4ccccc4c3C)=C2O)cc1. The maximum Gasteiger partial charge on any atom is 0.103 e. The van der Waals surface area contributed by atoms with E-state index in [1.165, 1.54) is 33.3 Å². The van der Waals surface area contributed by atoms with Gasteiger partial charge in [-0.3, -0.25) is 0 Å². The van der Waals surface area contributed by atoms with Gasteiger partial charge in [0, 0.05) is 22.5 Å². The zero-order chi connectivity index (χ0) is 20.9. The van der Waals surface area contributed by atoms with Crippen LogP contribution in [0.1, 0.15) is 47.2 Å². The molecule has 0 fully saturated rings. The molecule has 2 nitrogen and oxygen atoms in total. The van der Waals surface area contributed by atoms with E-state index in [1.54, 1.807) is 0 Å². The molecule has 150 valence electrons. The van der Waals surface area contributed by atoms with E-state index in [0.29, 0.717) is 5.76 Å². The van der Waals surface area contributed by atoms with Gasteiger partial charge < -0.3 is 10.1 Å². The number of benzene rings is 3. The van der Waals surface area contributed by atoms with E-state index in [-0.39, 0.29) is 11.3 Å². The molecule has 0 bridgehead atoms. The van der Waals surface area contributed by atoms with Gasteiger partial charge in [0.25, 0.3) is 0 Å². The highest BCUT2D eigenvalue weighted by Gasteiger charge is 2.46. The fraction of sp³-hybridized carbons (Fsp3) is 0.214. The summed E-state index contributed by atoms with van der Waals surface area (Å²) < 4.78 is 0. The summed E-state index contributed by atoms with van der Waals surface area (Å²) >= 11 is 0. The molecule has 30 heavy (non-hydrogen) atoms. The Morgan fingerprint density at radius 2 is 1.53 bits per heavy atom. The second kappa shape index (κ2) is 6.91. The number of aliphatic hydroxyl groups is 1. The standard InChI is InChI=1S/C28H27NO/c1-18-13-15-21(16-14-18)28(3)17-23(27(28)30)25(20-9-5-4-6-10-20)26-19(2)22-11-7-8-12-24(22)29-26/h4-16,25,29-30H,17H2,1-3H3. The van der Waals surface area contributed by atoms with Crippen LogP contribution in [0.25, 0.3) is 10.9 Å². The Bertz CT molecular complexity index is 1250. The van der Waals surface area contributed by atoms with Crippen LogP contribution in [0.5, 0.6) is 0 Å². The van der Waals surface area contributed by atoms with Crippen molar-refractivity contribution in [1.82, 2.24) is 4.98 Å². The number of fused-ring (bicyclic) bond motifs is 1. The predicted octanol–water partition coefficient (Wildman–Crippen LogP) is 7.09. The molecule has 3 aromatic carbocycles. The van der Waals surface area contributed by atoms with Crippen molar-refractivity contribution in [2.45, 2.75) is 38.5 Å². The second-order valence-electron chi connectivity index (χ2n) is 8.80. The molecule has 0 amide bonds. The Kier molecular flexibility index (Phi) is 4.32. The molecule has 2 atom stereocenters. The van der Waals surface area contributed by atoms with E-state index < -0.39 is 0 Å². The van der Waals surface area contributed by atoms with Gasteiger partial charge in [-0.15, -0.1) is 0 Å². The average molecular weight is 394 g/mol. The molecule has 1 aliphatic carbocycles. The minimum atomic E-state index is -0.323. The van der Waals surface area contributed by atoms with Crippen LogP contribution in [0.15, 0.2) is 90.2 Å². The van der Waals surface area contributed by atoms with E-state index in [0.717, 1.165) is 17.5 Å². The first-order valence-electron chi connectivity index (χ1n) is 10.6. The van der Waals surface area contributed by atoms with Crippen LogP contribution in [0.4, 0.5) is 0 Å². The van der Waals surface area contributed by atoms with Crippen molar-refractivity contribution in [2.75, 3.05) is 0 Å². The third kappa shape index (κ3) is 2.79. The number of allylic oxidation sites excluding steroid dienone is 2. The highest BCUT2D eigenvalue weighted by molar-refractivity contribution is 5.85. The van der Waals surface area contributed by atoms with Crippen molar-refractivity contribution in [3.05, 3.63) is 118 Å². The third-order valence-corrected chi connectivity index (χ3v) is 6.83. The Morgan fingerprint density at radius 3 is 2.20 bits per heavy atom. The molecule has 1 aromatic heterocycles. The maximum absolute atomic E-state index is 11.4. The number of aryl methyl sites for hydroxylation is 2. The monoisotopic (exact) mass is 393 g/mol. The van der Waals surface area contributed by atoms with Gasteiger partial charge >= 0.3 is 0 Å². The van der Waals surface area contributed by atoms with Gasteiger partial charge in [0.15, 0.2) is 0 Å². The summed E-state index contributed by atoms with van der Waals surface area (Å²) in [6.45, 7) is 6.42. The quantitative estimate of drug-likeness (QED) is 0.381. The highest BCUT2D eigenvalue weighted by Crippen LogP contribution is 2.53. The second-order valence-corrected chi connectivity index (χ2v) is 8.80. The van der Waals surface area contributed by atoms with Crippen molar-refractivity contribution in [3.8, 4) is 0 Å². The molecule has 1 heterocycles. The number of para-hydroxylation sites is 1. The van der Waals surface area contributed by atoms with Crippen LogP contribution in [-0.2, 0) is 5.41 Å². The fourth-order valence-electron chi connectivity index (χ4n) is 4.97. The summed E-state index contributed by atoms with van der Waals surface area (Å²) in [6, 6.07) is 27.5. The Morgan fingerprint density at radius 1 is 0.867 bits per heavy atom. The van der Waals surface area contributed by atoms with Crippen molar-refractivity contribution < 1.29 is 5.11 Å². The zero-order valence-corrected chi connectivity index (χ0v) is 17.7. The lowest BCUT2D eigenvalue weighted by Gasteiger charge is -2.43. The maximum atomic E-state index is 11.4. The smallest absolute Gasteiger partial charge is 0.103 e. The lowest BCUT2D eigenvalue weighted by molar-refractivity contribution is 0.247. The average Bonchev–Trinajstić information content (AvgIpc) is 3.11. The van der Waals surface area contributed by atoms with Gasteiger partial charge in [0.05, 0.1) is 5.41 Å². The van der Waals surface area contributed by atoms with Crippen molar-refractivity contribution in [3.63, 3.8) is 0 Å². The zero-order valence-electron chi connectivity index (χ0n) is 17.7. The van der Waals surface area contributed by atoms with Gasteiger partial charge in [-0.05, 0) is 55.5 Å². The molecule has 0 aliphatic heterocycles. The molecule has 0 saturated heterocycles. The van der Waals surface area contributed by atoms with Gasteiger partial charge in [-0.2, -0.15) is 0 Å². The molecule has 0 saturated carbocycles. The molecule has 2 unspecified atom stereocenters. The highest BCUT2D eigenvalue weighted by atomic mass is 16.3. The Hall–Kier alpha value is -3.26. The van der Waals surface area contributed by atoms with E-state index in [1.807, 2.05) is 6.07 Å². The normalized spacial score (nSPS) is 19.7. The molecule has 2 heteroatoms. The molecular formula is C28H27NO. The molecule has 1 aliphatic rings. The van der Waals surface area contributed by atoms with Crippen LogP contribution in [0.2, 0.25) is 0 Å². The minimum Gasteiger partial charge on any atom is -0.511 e. The summed E-state index contributed by atoms with van der Waals surface area (Å²) in [5.74, 6) is 0.537. The van der Waals surface area contributed by atoms with Crippen LogP contribution in [0, 0.1) is 13.8 Å². The number of aromatic amines is 1. The van der Waals surface area contributed by atoms with E-state index in [2.05, 4.69) is 98.6 Å². The first-order chi connectivity index (χ1) is 14.5. The lowest BCUT2D eigenvalue weighted by Crippen LogP contribution is -2.37. The molecular weight excluding hydrogens is 366 g/mol. The summed E-state index contributed by atoms with van der Waals surface area (Å²) in [6.07, 6.45) is 0.844. The number of H-pyrrole nitrogens is 1. The van der Waals surface area contributed by atoms with Crippen molar-refractivity contribution in [1.29, 1.82) is 0 Å². The number of hydrogen-bond donors (Lipinski definition) is 2. The van der Waals surface area contributed by atoms with E-state index >= 15 is 0 Å². The first kappa shape index (κ1) is 18.7. The largest absolute Gasteiger partial charge is 0.511 e.